The molecule has 4 aliphatic rings. The fraction of sp³-hybridized carbons (Fsp3) is 0.514. The zero-order chi connectivity index (χ0) is 32.5. The standard InChI is InChI=1S/C37H43ClN6O3/c1-4-33(45)44-17-16-43(21-28(44)20-39-3)35-29-12-15-42(32-11-6-9-27-8-5-10-30(38)34(27)32)22-31(29)40-36(41-35)47-23-25(2)46-24-26-18-37(19-26)13-7-14-37/h4-6,8-11,25-26,28H,1,7,12-24H2,2H3/t25-,28-/m0/s1. The Kier molecular flexibility index (Phi) is 8.99. The van der Waals surface area contributed by atoms with Gasteiger partial charge in [-0.1, -0.05) is 48.9 Å². The summed E-state index contributed by atoms with van der Waals surface area (Å²) in [5, 5.41) is 2.87. The van der Waals surface area contributed by atoms with Crippen LogP contribution in [0.25, 0.3) is 15.6 Å². The number of aromatic nitrogens is 2. The van der Waals surface area contributed by atoms with E-state index < -0.39 is 0 Å². The second kappa shape index (κ2) is 13.3. The van der Waals surface area contributed by atoms with E-state index in [9.17, 15) is 4.79 Å². The van der Waals surface area contributed by atoms with Crippen LogP contribution in [0.1, 0.15) is 50.3 Å². The topological polar surface area (TPSA) is 75.4 Å². The largest absolute Gasteiger partial charge is 0.461 e. The molecule has 2 saturated carbocycles. The molecule has 0 N–H and O–H groups in total. The van der Waals surface area contributed by atoms with E-state index >= 15 is 0 Å². The summed E-state index contributed by atoms with van der Waals surface area (Å²) < 4.78 is 12.5. The third-order valence-corrected chi connectivity index (χ3v) is 11.0. The lowest BCUT2D eigenvalue weighted by molar-refractivity contribution is -0.128. The first-order valence-corrected chi connectivity index (χ1v) is 17.3. The van der Waals surface area contributed by atoms with Crippen molar-refractivity contribution in [1.29, 1.82) is 0 Å². The normalized spacial score (nSPS) is 21.0. The van der Waals surface area contributed by atoms with Crippen LogP contribution in [-0.4, -0.2) is 78.9 Å². The second-order valence-corrected chi connectivity index (χ2v) is 14.2. The first kappa shape index (κ1) is 31.7. The summed E-state index contributed by atoms with van der Waals surface area (Å²) in [4.78, 5) is 32.5. The van der Waals surface area contributed by atoms with Gasteiger partial charge in [-0.25, -0.2) is 6.57 Å². The van der Waals surface area contributed by atoms with Gasteiger partial charge in [-0.2, -0.15) is 9.97 Å². The van der Waals surface area contributed by atoms with Crippen LogP contribution in [0, 0.1) is 17.9 Å². The number of rotatable bonds is 10. The van der Waals surface area contributed by atoms with E-state index in [1.165, 1.54) is 38.2 Å². The third-order valence-electron chi connectivity index (χ3n) is 10.7. The van der Waals surface area contributed by atoms with Crippen LogP contribution >= 0.6 is 11.6 Å². The van der Waals surface area contributed by atoms with Crippen molar-refractivity contribution >= 4 is 39.8 Å². The monoisotopic (exact) mass is 654 g/mol. The number of carbonyl (C=O) groups is 1. The predicted octanol–water partition coefficient (Wildman–Crippen LogP) is 6.33. The number of carbonyl (C=O) groups excluding carboxylic acids is 1. The number of hydrogen-bond acceptors (Lipinski definition) is 7. The van der Waals surface area contributed by atoms with Crippen molar-refractivity contribution < 1.29 is 14.3 Å². The number of halogens is 1. The van der Waals surface area contributed by atoms with Crippen molar-refractivity contribution in [3.8, 4) is 6.01 Å². The molecule has 0 unspecified atom stereocenters. The van der Waals surface area contributed by atoms with Crippen LogP contribution in [-0.2, 0) is 22.5 Å². The second-order valence-electron chi connectivity index (χ2n) is 13.8. The Morgan fingerprint density at radius 3 is 2.72 bits per heavy atom. The van der Waals surface area contributed by atoms with E-state index in [0.29, 0.717) is 50.1 Å². The minimum atomic E-state index is -0.251. The molecule has 3 aromatic rings. The van der Waals surface area contributed by atoms with Crippen molar-refractivity contribution in [3.63, 3.8) is 0 Å². The molecule has 9 nitrogen and oxygen atoms in total. The quantitative estimate of drug-likeness (QED) is 0.187. The number of anilines is 2. The number of amides is 1. The molecule has 2 aromatic carbocycles. The molecule has 1 saturated heterocycles. The zero-order valence-electron chi connectivity index (χ0n) is 27.2. The van der Waals surface area contributed by atoms with Gasteiger partial charge in [0, 0.05) is 49.4 Å². The van der Waals surface area contributed by atoms with Gasteiger partial charge in [0.2, 0.25) is 12.5 Å². The van der Waals surface area contributed by atoms with Gasteiger partial charge in [0.05, 0.1) is 23.4 Å². The number of fused-ring (bicyclic) bond motifs is 2. The zero-order valence-corrected chi connectivity index (χ0v) is 27.9. The molecule has 47 heavy (non-hydrogen) atoms. The summed E-state index contributed by atoms with van der Waals surface area (Å²) in [5.41, 5.74) is 3.73. The van der Waals surface area contributed by atoms with E-state index in [2.05, 4.69) is 45.5 Å². The minimum absolute atomic E-state index is 0.0816. The van der Waals surface area contributed by atoms with Gasteiger partial charge in [-0.3, -0.25) is 4.79 Å². The van der Waals surface area contributed by atoms with Crippen molar-refractivity contribution in [2.24, 2.45) is 11.3 Å². The third kappa shape index (κ3) is 6.38. The first-order valence-electron chi connectivity index (χ1n) is 16.9. The van der Waals surface area contributed by atoms with Crippen LogP contribution in [0.3, 0.4) is 0 Å². The molecule has 3 heterocycles. The van der Waals surface area contributed by atoms with Crippen LogP contribution in [0.15, 0.2) is 49.1 Å². The number of ether oxygens (including phenoxy) is 2. The molecule has 1 aromatic heterocycles. The van der Waals surface area contributed by atoms with E-state index in [1.54, 1.807) is 4.90 Å². The highest BCUT2D eigenvalue weighted by Gasteiger charge is 2.48. The van der Waals surface area contributed by atoms with Gasteiger partial charge in [0.1, 0.15) is 18.5 Å². The van der Waals surface area contributed by atoms with Crippen molar-refractivity contribution in [2.45, 2.75) is 64.1 Å². The van der Waals surface area contributed by atoms with Gasteiger partial charge in [-0.05, 0) is 74.0 Å². The lowest BCUT2D eigenvalue weighted by Crippen LogP contribution is -2.56. The van der Waals surface area contributed by atoms with E-state index in [-0.39, 0.29) is 24.6 Å². The number of nitrogens with zero attached hydrogens (tertiary/aromatic N) is 6. The maximum absolute atomic E-state index is 12.6. The fourth-order valence-electron chi connectivity index (χ4n) is 8.08. The van der Waals surface area contributed by atoms with Crippen LogP contribution in [0.2, 0.25) is 5.02 Å². The number of hydrogen-bond donors (Lipinski definition) is 0. The molecule has 2 atom stereocenters. The molecule has 0 bridgehead atoms. The summed E-state index contributed by atoms with van der Waals surface area (Å²) in [5.74, 6) is 1.35. The van der Waals surface area contributed by atoms with Gasteiger partial charge in [0.25, 0.3) is 0 Å². The predicted molar refractivity (Wildman–Crippen MR) is 185 cm³/mol. The lowest BCUT2D eigenvalue weighted by atomic mass is 9.52. The molecule has 10 heteroatoms. The van der Waals surface area contributed by atoms with Crippen LogP contribution in [0.4, 0.5) is 11.5 Å². The minimum Gasteiger partial charge on any atom is -0.461 e. The average Bonchev–Trinajstić information content (AvgIpc) is 3.05. The summed E-state index contributed by atoms with van der Waals surface area (Å²) in [6.07, 6.45) is 8.77. The molecule has 7 rings (SSSR count). The highest BCUT2D eigenvalue weighted by atomic mass is 35.5. The van der Waals surface area contributed by atoms with E-state index in [4.69, 9.17) is 37.6 Å². The Hall–Kier alpha value is -3.87. The number of piperazine rings is 1. The smallest absolute Gasteiger partial charge is 0.318 e. The van der Waals surface area contributed by atoms with E-state index in [0.717, 1.165) is 58.1 Å². The van der Waals surface area contributed by atoms with Gasteiger partial charge in [0.15, 0.2) is 0 Å². The summed E-state index contributed by atoms with van der Waals surface area (Å²) in [6.45, 7) is 17.6. The molecular formula is C37H43ClN6O3. The van der Waals surface area contributed by atoms with Crippen LogP contribution in [0.5, 0.6) is 6.01 Å². The molecule has 2 aliphatic heterocycles. The molecular weight excluding hydrogens is 612 g/mol. The SMILES string of the molecule is [C-]#[N+]C[C@H]1CN(c2nc(OC[C@H](C)OCC3CC4(CCC4)C3)nc3c2CCN(c2cccc4cccc(Cl)c24)C3)CCN1C(=O)C=C. The van der Waals surface area contributed by atoms with Crippen molar-refractivity contribution in [3.05, 3.63) is 76.8 Å². The Labute approximate surface area is 282 Å². The summed E-state index contributed by atoms with van der Waals surface area (Å²) in [7, 11) is 0. The van der Waals surface area contributed by atoms with Crippen molar-refractivity contribution in [2.75, 3.05) is 55.7 Å². The Morgan fingerprint density at radius 2 is 1.98 bits per heavy atom. The molecule has 1 amide bonds. The maximum atomic E-state index is 12.6. The first-order chi connectivity index (χ1) is 22.9. The van der Waals surface area contributed by atoms with Gasteiger partial charge >= 0.3 is 6.01 Å². The molecule has 0 radical (unpaired) electrons. The average molecular weight is 655 g/mol. The Morgan fingerprint density at radius 1 is 1.17 bits per heavy atom. The van der Waals surface area contributed by atoms with Gasteiger partial charge in [-0.15, -0.1) is 0 Å². The Balaban J connectivity index is 1.13. The molecule has 3 fully saturated rings. The van der Waals surface area contributed by atoms with Gasteiger partial charge < -0.3 is 29.0 Å². The summed E-state index contributed by atoms with van der Waals surface area (Å²) >= 11 is 6.72. The van der Waals surface area contributed by atoms with E-state index in [1.807, 2.05) is 19.1 Å². The lowest BCUT2D eigenvalue weighted by Gasteiger charge is -2.54. The highest BCUT2D eigenvalue weighted by Crippen LogP contribution is 2.58. The Bertz CT molecular complexity index is 1690. The van der Waals surface area contributed by atoms with Crippen LogP contribution < -0.4 is 14.5 Å². The molecule has 2 aliphatic carbocycles. The maximum Gasteiger partial charge on any atom is 0.318 e. The number of benzene rings is 2. The molecule has 246 valence electrons. The summed E-state index contributed by atoms with van der Waals surface area (Å²) in [6, 6.07) is 12.4. The fourth-order valence-corrected chi connectivity index (χ4v) is 8.36. The molecule has 1 spiro atoms. The highest BCUT2D eigenvalue weighted by molar-refractivity contribution is 6.36. The van der Waals surface area contributed by atoms with Crippen molar-refractivity contribution in [1.82, 2.24) is 14.9 Å².